The number of hydrogen-bond acceptors (Lipinski definition) is 5. The first-order chi connectivity index (χ1) is 6.42. The zero-order valence-electron chi connectivity index (χ0n) is 6.54. The molecule has 0 saturated heterocycles. The lowest BCUT2D eigenvalue weighted by molar-refractivity contribution is 0.112. The van der Waals surface area contributed by atoms with E-state index in [2.05, 4.69) is 15.1 Å². The van der Waals surface area contributed by atoms with Crippen LogP contribution in [0.2, 0.25) is 0 Å². The van der Waals surface area contributed by atoms with Crippen molar-refractivity contribution in [3.63, 3.8) is 0 Å². The summed E-state index contributed by atoms with van der Waals surface area (Å²) in [6.45, 7) is 0. The first-order valence-corrected chi connectivity index (χ1v) is 3.57. The first kappa shape index (κ1) is 7.60. The number of carbonyl (C=O) groups excluding carboxylic acids is 1. The van der Waals surface area contributed by atoms with Gasteiger partial charge in [0.15, 0.2) is 12.0 Å². The Kier molecular flexibility index (Phi) is 1.84. The number of hydrogen-bond donors (Lipinski definition) is 0. The Bertz CT molecular complexity index is 410. The Morgan fingerprint density at radius 3 is 2.69 bits per heavy atom. The van der Waals surface area contributed by atoms with Crippen molar-refractivity contribution in [1.29, 1.82) is 0 Å². The molecular formula is C8H5N3O2. The van der Waals surface area contributed by atoms with E-state index in [1.54, 1.807) is 12.4 Å². The average molecular weight is 175 g/mol. The topological polar surface area (TPSA) is 68.9 Å². The second kappa shape index (κ2) is 3.14. The largest absolute Gasteiger partial charge is 0.355 e. The maximum Gasteiger partial charge on any atom is 0.180 e. The molecule has 0 unspecified atom stereocenters. The number of carbonyl (C=O) groups is 1. The van der Waals surface area contributed by atoms with E-state index in [0.29, 0.717) is 23.2 Å². The first-order valence-electron chi connectivity index (χ1n) is 3.57. The number of aromatic nitrogens is 3. The minimum atomic E-state index is 0.398. The van der Waals surface area contributed by atoms with Crippen molar-refractivity contribution in [3.8, 4) is 11.3 Å². The summed E-state index contributed by atoms with van der Waals surface area (Å²) in [6, 6.07) is 0. The van der Waals surface area contributed by atoms with Crippen LogP contribution in [0.15, 0.2) is 29.4 Å². The quantitative estimate of drug-likeness (QED) is 0.635. The van der Waals surface area contributed by atoms with Gasteiger partial charge in [-0.3, -0.25) is 4.79 Å². The highest BCUT2D eigenvalue weighted by Gasteiger charge is 2.09. The summed E-state index contributed by atoms with van der Waals surface area (Å²) < 4.78 is 4.88. The minimum absolute atomic E-state index is 0.398. The molecule has 0 atom stereocenters. The summed E-state index contributed by atoms with van der Waals surface area (Å²) in [5, 5.41) is 3.51. The van der Waals surface area contributed by atoms with Crippen LogP contribution >= 0.6 is 0 Å². The number of nitrogens with zero attached hydrogens (tertiary/aromatic N) is 3. The molecule has 0 radical (unpaired) electrons. The Morgan fingerprint density at radius 2 is 2.00 bits per heavy atom. The van der Waals surface area contributed by atoms with Crippen LogP contribution in [-0.2, 0) is 0 Å². The maximum absolute atomic E-state index is 10.5. The lowest BCUT2D eigenvalue weighted by Gasteiger charge is -1.92. The smallest absolute Gasteiger partial charge is 0.180 e. The molecule has 0 amide bonds. The Morgan fingerprint density at radius 1 is 1.23 bits per heavy atom. The maximum atomic E-state index is 10.5. The molecule has 2 aromatic heterocycles. The third kappa shape index (κ3) is 1.31. The second-order valence-electron chi connectivity index (χ2n) is 2.36. The van der Waals surface area contributed by atoms with Crippen molar-refractivity contribution in [2.75, 3.05) is 0 Å². The Balaban J connectivity index is 2.52. The van der Waals surface area contributed by atoms with Crippen molar-refractivity contribution >= 4 is 6.29 Å². The second-order valence-corrected chi connectivity index (χ2v) is 2.36. The molecule has 5 heteroatoms. The molecule has 0 saturated carbocycles. The van der Waals surface area contributed by atoms with Crippen molar-refractivity contribution in [3.05, 3.63) is 30.5 Å². The molecule has 2 aromatic rings. The highest BCUT2D eigenvalue weighted by molar-refractivity contribution is 5.83. The van der Waals surface area contributed by atoms with Gasteiger partial charge in [0.2, 0.25) is 0 Å². The number of rotatable bonds is 2. The molecule has 2 rings (SSSR count). The van der Waals surface area contributed by atoms with E-state index >= 15 is 0 Å². The van der Waals surface area contributed by atoms with E-state index in [1.807, 2.05) is 0 Å². The summed E-state index contributed by atoms with van der Waals surface area (Å²) in [4.78, 5) is 18.1. The number of aldehydes is 1. The van der Waals surface area contributed by atoms with Gasteiger partial charge in [0.1, 0.15) is 6.33 Å². The monoisotopic (exact) mass is 175 g/mol. The highest BCUT2D eigenvalue weighted by atomic mass is 16.5. The minimum Gasteiger partial charge on any atom is -0.355 e. The van der Waals surface area contributed by atoms with Gasteiger partial charge < -0.3 is 4.52 Å². The summed E-state index contributed by atoms with van der Waals surface area (Å²) in [6.07, 6.45) is 6.55. The van der Waals surface area contributed by atoms with Gasteiger partial charge in [-0.2, -0.15) is 0 Å². The van der Waals surface area contributed by atoms with Crippen LogP contribution in [0.5, 0.6) is 0 Å². The molecule has 0 N–H and O–H groups in total. The summed E-state index contributed by atoms with van der Waals surface area (Å²) in [7, 11) is 0. The summed E-state index contributed by atoms with van der Waals surface area (Å²) in [5.41, 5.74) is 1.04. The van der Waals surface area contributed by atoms with Gasteiger partial charge in [0.05, 0.1) is 17.3 Å². The fourth-order valence-electron chi connectivity index (χ4n) is 0.967. The Labute approximate surface area is 73.4 Å². The third-order valence-electron chi connectivity index (χ3n) is 1.55. The van der Waals surface area contributed by atoms with Crippen LogP contribution in [0.25, 0.3) is 11.3 Å². The predicted molar refractivity (Wildman–Crippen MR) is 42.9 cm³/mol. The van der Waals surface area contributed by atoms with Crippen molar-refractivity contribution in [2.45, 2.75) is 0 Å². The van der Waals surface area contributed by atoms with Gasteiger partial charge in [-0.15, -0.1) is 0 Å². The molecule has 0 aliphatic rings. The molecular weight excluding hydrogens is 170 g/mol. The van der Waals surface area contributed by atoms with Gasteiger partial charge >= 0.3 is 0 Å². The van der Waals surface area contributed by atoms with E-state index in [4.69, 9.17) is 4.52 Å². The van der Waals surface area contributed by atoms with Crippen LogP contribution in [0.4, 0.5) is 0 Å². The van der Waals surface area contributed by atoms with Crippen LogP contribution in [-0.4, -0.2) is 21.4 Å². The molecule has 0 bridgehead atoms. The lowest BCUT2D eigenvalue weighted by atomic mass is 10.2. The van der Waals surface area contributed by atoms with Crippen LogP contribution < -0.4 is 0 Å². The van der Waals surface area contributed by atoms with Gasteiger partial charge in [-0.05, 0) is 0 Å². The normalized spacial score (nSPS) is 9.85. The average Bonchev–Trinajstić information content (AvgIpc) is 2.67. The summed E-state index contributed by atoms with van der Waals surface area (Å²) in [5.74, 6) is 0.399. The fourth-order valence-corrected chi connectivity index (χ4v) is 0.967. The molecule has 0 aliphatic carbocycles. The van der Waals surface area contributed by atoms with Crippen LogP contribution in [0.1, 0.15) is 10.4 Å². The van der Waals surface area contributed by atoms with Gasteiger partial charge in [0, 0.05) is 12.4 Å². The van der Waals surface area contributed by atoms with Crippen molar-refractivity contribution in [1.82, 2.24) is 15.1 Å². The molecule has 0 fully saturated rings. The van der Waals surface area contributed by atoms with E-state index < -0.39 is 0 Å². The van der Waals surface area contributed by atoms with Gasteiger partial charge in [-0.25, -0.2) is 9.97 Å². The molecule has 2 heterocycles. The SMILES string of the molecule is O=Cc1cnoc1-c1cncnc1. The lowest BCUT2D eigenvalue weighted by Crippen LogP contribution is -1.83. The van der Waals surface area contributed by atoms with E-state index in [0.717, 1.165) is 0 Å². The molecule has 64 valence electrons. The standard InChI is InChI=1S/C8H5N3O2/c12-4-7-3-11-13-8(7)6-1-9-5-10-2-6/h1-5H. The van der Waals surface area contributed by atoms with E-state index in [-0.39, 0.29) is 0 Å². The van der Waals surface area contributed by atoms with Crippen LogP contribution in [0, 0.1) is 0 Å². The third-order valence-corrected chi connectivity index (χ3v) is 1.55. The van der Waals surface area contributed by atoms with Gasteiger partial charge in [-0.1, -0.05) is 5.16 Å². The molecule has 0 aromatic carbocycles. The zero-order chi connectivity index (χ0) is 9.10. The molecule has 13 heavy (non-hydrogen) atoms. The highest BCUT2D eigenvalue weighted by Crippen LogP contribution is 2.19. The Hall–Kier alpha value is -2.04. The van der Waals surface area contributed by atoms with E-state index in [1.165, 1.54) is 12.5 Å². The van der Waals surface area contributed by atoms with Crippen molar-refractivity contribution < 1.29 is 9.32 Å². The molecule has 0 spiro atoms. The van der Waals surface area contributed by atoms with Crippen LogP contribution in [0.3, 0.4) is 0 Å². The van der Waals surface area contributed by atoms with Crippen molar-refractivity contribution in [2.24, 2.45) is 0 Å². The van der Waals surface area contributed by atoms with Gasteiger partial charge in [0.25, 0.3) is 0 Å². The van der Waals surface area contributed by atoms with E-state index in [9.17, 15) is 4.79 Å². The zero-order valence-corrected chi connectivity index (χ0v) is 6.54. The summed E-state index contributed by atoms with van der Waals surface area (Å²) >= 11 is 0. The predicted octanol–water partition coefficient (Wildman–Crippen LogP) is 0.944. The fraction of sp³-hybridized carbons (Fsp3) is 0. The molecule has 5 nitrogen and oxygen atoms in total. The molecule has 0 aliphatic heterocycles.